The molecule has 0 radical (unpaired) electrons. The second-order valence-electron chi connectivity index (χ2n) is 1.71. The van der Waals surface area contributed by atoms with Crippen LogP contribution in [0.1, 0.15) is 13.3 Å². The summed E-state index contributed by atoms with van der Waals surface area (Å²) in [5.74, 6) is -1.84. The number of hydrogen-bond acceptors (Lipinski definition) is 5. The van der Waals surface area contributed by atoms with Gasteiger partial charge in [-0.15, -0.1) is 0 Å². The molecule has 0 aromatic rings. The van der Waals surface area contributed by atoms with Crippen LogP contribution in [0.4, 0.5) is 0 Å². The van der Waals surface area contributed by atoms with Crippen LogP contribution in [0.15, 0.2) is 0 Å². The first-order valence-corrected chi connectivity index (χ1v) is 4.02. The quantitative estimate of drug-likeness (QED) is 0.342. The predicted octanol–water partition coefficient (Wildman–Crippen LogP) is -7.93. The Morgan fingerprint density at radius 1 is 1.42 bits per heavy atom. The fourth-order valence-corrected chi connectivity index (χ4v) is 1.13. The van der Waals surface area contributed by atoms with Crippen molar-refractivity contribution in [3.8, 4) is 0 Å². The molecule has 8 heteroatoms. The zero-order valence-electron chi connectivity index (χ0n) is 7.23. The SMILES string of the molecule is CCC(C(=O)[O-])S(=O)(=O)[O-].[Na+].[Na+]. The van der Waals surface area contributed by atoms with Crippen molar-refractivity contribution in [2.75, 3.05) is 0 Å². The van der Waals surface area contributed by atoms with E-state index in [0.717, 1.165) is 0 Å². The van der Waals surface area contributed by atoms with Crippen LogP contribution in [0.2, 0.25) is 0 Å². The number of aliphatic carboxylic acids is 1. The van der Waals surface area contributed by atoms with Gasteiger partial charge in [-0.1, -0.05) is 6.92 Å². The number of rotatable bonds is 3. The Morgan fingerprint density at radius 2 is 1.75 bits per heavy atom. The van der Waals surface area contributed by atoms with Crippen LogP contribution in [0.5, 0.6) is 0 Å². The summed E-state index contributed by atoms with van der Waals surface area (Å²) in [6, 6.07) is 0. The van der Waals surface area contributed by atoms with Crippen molar-refractivity contribution in [2.24, 2.45) is 0 Å². The summed E-state index contributed by atoms with van der Waals surface area (Å²) in [4.78, 5) is 9.89. The fraction of sp³-hybridized carbons (Fsp3) is 0.750. The van der Waals surface area contributed by atoms with E-state index in [1.165, 1.54) is 6.92 Å². The van der Waals surface area contributed by atoms with Crippen molar-refractivity contribution in [3.63, 3.8) is 0 Å². The predicted molar refractivity (Wildman–Crippen MR) is 28.8 cm³/mol. The summed E-state index contributed by atoms with van der Waals surface area (Å²) < 4.78 is 30.1. The van der Waals surface area contributed by atoms with Gasteiger partial charge in [0.25, 0.3) is 0 Å². The van der Waals surface area contributed by atoms with Crippen LogP contribution in [0.3, 0.4) is 0 Å². The first kappa shape index (κ1) is 19.0. The van der Waals surface area contributed by atoms with Gasteiger partial charge in [-0.2, -0.15) is 0 Å². The summed E-state index contributed by atoms with van der Waals surface area (Å²) in [5.41, 5.74) is 0. The van der Waals surface area contributed by atoms with Crippen LogP contribution in [0, 0.1) is 0 Å². The van der Waals surface area contributed by atoms with Crippen LogP contribution in [-0.2, 0) is 14.9 Å². The van der Waals surface area contributed by atoms with E-state index >= 15 is 0 Å². The largest absolute Gasteiger partial charge is 1.00 e. The van der Waals surface area contributed by atoms with Gasteiger partial charge in [0.1, 0.15) is 10.1 Å². The number of carboxylic acid groups (broad SMARTS) is 1. The van der Waals surface area contributed by atoms with Crippen LogP contribution in [-0.4, -0.2) is 24.2 Å². The standard InChI is InChI=1S/C4H8O5S.2Na/c1-2-3(4(5)6)10(7,8)9;;/h3H,2H2,1H3,(H,5,6)(H,7,8,9);;/q;2*+1/p-2. The molecule has 0 N–H and O–H groups in total. The van der Waals surface area contributed by atoms with Crippen molar-refractivity contribution in [1.82, 2.24) is 0 Å². The first-order valence-electron chi connectivity index (χ1n) is 2.55. The molecule has 0 aromatic carbocycles. The van der Waals surface area contributed by atoms with Gasteiger partial charge >= 0.3 is 59.1 Å². The number of carbonyl (C=O) groups excluding carboxylic acids is 1. The maximum Gasteiger partial charge on any atom is 1.00 e. The second kappa shape index (κ2) is 7.75. The molecule has 0 spiro atoms. The molecule has 0 aliphatic carbocycles. The molecule has 1 atom stereocenters. The molecule has 0 rings (SSSR count). The van der Waals surface area contributed by atoms with E-state index in [1.807, 2.05) is 0 Å². The average molecular weight is 212 g/mol. The molecule has 0 saturated heterocycles. The monoisotopic (exact) mass is 212 g/mol. The third kappa shape index (κ3) is 6.85. The molecule has 0 aliphatic heterocycles. The topological polar surface area (TPSA) is 97.3 Å². The Balaban J connectivity index is -0.000000405. The Morgan fingerprint density at radius 3 is 1.75 bits per heavy atom. The van der Waals surface area contributed by atoms with Gasteiger partial charge < -0.3 is 14.5 Å². The normalized spacial score (nSPS) is 12.2. The minimum Gasteiger partial charge on any atom is -0.747 e. The van der Waals surface area contributed by atoms with Crippen LogP contribution < -0.4 is 64.2 Å². The molecule has 5 nitrogen and oxygen atoms in total. The Labute approximate surface area is 115 Å². The van der Waals surface area contributed by atoms with Crippen LogP contribution >= 0.6 is 0 Å². The average Bonchev–Trinajstić information content (AvgIpc) is 1.60. The zero-order chi connectivity index (χ0) is 8.36. The zero-order valence-corrected chi connectivity index (χ0v) is 12.1. The van der Waals surface area contributed by atoms with Crippen molar-refractivity contribution >= 4 is 16.1 Å². The number of carbonyl (C=O) groups is 1. The Kier molecular flexibility index (Phi) is 12.3. The van der Waals surface area contributed by atoms with E-state index in [0.29, 0.717) is 0 Å². The summed E-state index contributed by atoms with van der Waals surface area (Å²) in [7, 11) is -4.73. The number of carboxylic acids is 1. The van der Waals surface area contributed by atoms with E-state index < -0.39 is 21.3 Å². The van der Waals surface area contributed by atoms with Gasteiger partial charge in [-0.05, 0) is 6.42 Å². The third-order valence-corrected chi connectivity index (χ3v) is 2.20. The molecule has 0 aromatic heterocycles. The molecule has 12 heavy (non-hydrogen) atoms. The van der Waals surface area contributed by atoms with Crippen molar-refractivity contribution in [2.45, 2.75) is 18.6 Å². The molecule has 1 unspecified atom stereocenters. The summed E-state index contributed by atoms with van der Waals surface area (Å²) >= 11 is 0. The molecular formula is C4H6Na2O5S. The molecule has 0 fully saturated rings. The molecule has 0 aliphatic rings. The molecule has 0 bridgehead atoms. The maximum atomic E-state index is 10.0. The summed E-state index contributed by atoms with van der Waals surface area (Å²) in [5, 5.41) is 7.98. The molecule has 0 saturated carbocycles. The van der Waals surface area contributed by atoms with E-state index in [1.54, 1.807) is 0 Å². The Hall–Kier alpha value is 1.38. The Bertz CT molecular complexity index is 224. The van der Waals surface area contributed by atoms with E-state index in [9.17, 15) is 22.9 Å². The summed E-state index contributed by atoms with van der Waals surface area (Å²) in [6.07, 6.45) is -0.256. The molecular weight excluding hydrogens is 206 g/mol. The van der Waals surface area contributed by atoms with E-state index in [2.05, 4.69) is 0 Å². The van der Waals surface area contributed by atoms with Gasteiger partial charge in [0, 0.05) is 0 Å². The van der Waals surface area contributed by atoms with E-state index in [4.69, 9.17) is 0 Å². The van der Waals surface area contributed by atoms with Crippen molar-refractivity contribution < 1.29 is 82.0 Å². The second-order valence-corrected chi connectivity index (χ2v) is 3.26. The molecule has 60 valence electrons. The van der Waals surface area contributed by atoms with Gasteiger partial charge in [-0.25, -0.2) is 8.42 Å². The van der Waals surface area contributed by atoms with Crippen molar-refractivity contribution in [1.29, 1.82) is 0 Å². The maximum absolute atomic E-state index is 10.0. The van der Waals surface area contributed by atoms with Gasteiger partial charge in [0.05, 0.1) is 11.2 Å². The van der Waals surface area contributed by atoms with Crippen molar-refractivity contribution in [3.05, 3.63) is 0 Å². The minimum absolute atomic E-state index is 0. The molecule has 0 heterocycles. The van der Waals surface area contributed by atoms with Gasteiger partial charge in [-0.3, -0.25) is 0 Å². The van der Waals surface area contributed by atoms with Crippen LogP contribution in [0.25, 0.3) is 0 Å². The van der Waals surface area contributed by atoms with E-state index in [-0.39, 0.29) is 65.5 Å². The third-order valence-electron chi connectivity index (χ3n) is 0.982. The van der Waals surface area contributed by atoms with Gasteiger partial charge in [0.2, 0.25) is 0 Å². The smallest absolute Gasteiger partial charge is 0.747 e. The summed E-state index contributed by atoms with van der Waals surface area (Å²) in [6.45, 7) is 1.29. The first-order chi connectivity index (χ1) is 4.39. The molecule has 0 amide bonds. The fourth-order valence-electron chi connectivity index (χ4n) is 0.489. The van der Waals surface area contributed by atoms with Gasteiger partial charge in [0.15, 0.2) is 0 Å². The minimum atomic E-state index is -4.73. The number of hydrogen-bond donors (Lipinski definition) is 0.